The second kappa shape index (κ2) is 4.83. The van der Waals surface area contributed by atoms with Gasteiger partial charge in [0.05, 0.1) is 12.0 Å². The van der Waals surface area contributed by atoms with E-state index in [4.69, 9.17) is 5.73 Å². The molecule has 2 rings (SSSR count). The molecule has 3 unspecified atom stereocenters. The van der Waals surface area contributed by atoms with Gasteiger partial charge in [0.25, 0.3) is 0 Å². The minimum atomic E-state index is -0.136. The summed E-state index contributed by atoms with van der Waals surface area (Å²) >= 11 is 0. The molecule has 0 bridgehead atoms. The van der Waals surface area contributed by atoms with E-state index in [9.17, 15) is 4.79 Å². The third-order valence-electron chi connectivity index (χ3n) is 3.40. The summed E-state index contributed by atoms with van der Waals surface area (Å²) in [7, 11) is 1.86. The zero-order valence-corrected chi connectivity index (χ0v) is 10.3. The molecule has 17 heavy (non-hydrogen) atoms. The lowest BCUT2D eigenvalue weighted by molar-refractivity contribution is -0.125. The molecule has 6 nitrogen and oxygen atoms in total. The topological polar surface area (TPSA) is 85.8 Å². The lowest BCUT2D eigenvalue weighted by Crippen LogP contribution is -2.40. The summed E-state index contributed by atoms with van der Waals surface area (Å²) in [5.74, 6) is 0.737. The predicted molar refractivity (Wildman–Crippen MR) is 62.9 cm³/mol. The minimum Gasteiger partial charge on any atom is -0.346 e. The van der Waals surface area contributed by atoms with E-state index in [0.717, 1.165) is 25.1 Å². The SMILES string of the molecule is CC(NC(=O)C1CCCC1N)c1nncn1C. The van der Waals surface area contributed by atoms with Gasteiger partial charge in [-0.05, 0) is 19.8 Å². The van der Waals surface area contributed by atoms with Crippen molar-refractivity contribution in [3.63, 3.8) is 0 Å². The summed E-state index contributed by atoms with van der Waals surface area (Å²) in [5.41, 5.74) is 5.91. The first kappa shape index (κ1) is 12.0. The Morgan fingerprint density at radius 3 is 2.94 bits per heavy atom. The summed E-state index contributed by atoms with van der Waals surface area (Å²) in [6.45, 7) is 1.91. The monoisotopic (exact) mass is 237 g/mol. The van der Waals surface area contributed by atoms with Crippen LogP contribution in [0.4, 0.5) is 0 Å². The van der Waals surface area contributed by atoms with Gasteiger partial charge in [-0.3, -0.25) is 4.79 Å². The van der Waals surface area contributed by atoms with Crippen LogP contribution in [-0.2, 0) is 11.8 Å². The lowest BCUT2D eigenvalue weighted by Gasteiger charge is -2.18. The van der Waals surface area contributed by atoms with Gasteiger partial charge in [0.2, 0.25) is 5.91 Å². The van der Waals surface area contributed by atoms with Crippen LogP contribution < -0.4 is 11.1 Å². The first-order chi connectivity index (χ1) is 8.09. The first-order valence-corrected chi connectivity index (χ1v) is 5.99. The number of carbonyl (C=O) groups is 1. The van der Waals surface area contributed by atoms with Crippen molar-refractivity contribution >= 4 is 5.91 Å². The van der Waals surface area contributed by atoms with Crippen molar-refractivity contribution in [2.24, 2.45) is 18.7 Å². The van der Waals surface area contributed by atoms with Crippen LogP contribution in [0.3, 0.4) is 0 Å². The molecule has 1 aliphatic carbocycles. The summed E-state index contributed by atoms with van der Waals surface area (Å²) < 4.78 is 1.81. The molecule has 1 fully saturated rings. The van der Waals surface area contributed by atoms with Crippen LogP contribution in [0.2, 0.25) is 0 Å². The molecule has 94 valence electrons. The quantitative estimate of drug-likeness (QED) is 0.782. The Labute approximate surface area is 101 Å². The van der Waals surface area contributed by atoms with Gasteiger partial charge in [-0.25, -0.2) is 0 Å². The Hall–Kier alpha value is -1.43. The number of amides is 1. The average molecular weight is 237 g/mol. The molecular formula is C11H19N5O. The van der Waals surface area contributed by atoms with Crippen LogP contribution in [0.15, 0.2) is 6.33 Å². The molecule has 3 N–H and O–H groups in total. The highest BCUT2D eigenvalue weighted by Crippen LogP contribution is 2.24. The number of nitrogens with one attached hydrogen (secondary N) is 1. The highest BCUT2D eigenvalue weighted by atomic mass is 16.2. The van der Waals surface area contributed by atoms with Crippen LogP contribution in [0.5, 0.6) is 0 Å². The second-order valence-corrected chi connectivity index (χ2v) is 4.73. The zero-order valence-electron chi connectivity index (χ0n) is 10.3. The van der Waals surface area contributed by atoms with Crippen molar-refractivity contribution < 1.29 is 4.79 Å². The Morgan fingerprint density at radius 2 is 2.41 bits per heavy atom. The van der Waals surface area contributed by atoms with Gasteiger partial charge >= 0.3 is 0 Å². The lowest BCUT2D eigenvalue weighted by atomic mass is 10.0. The van der Waals surface area contributed by atoms with Crippen molar-refractivity contribution in [3.8, 4) is 0 Å². The summed E-state index contributed by atoms with van der Waals surface area (Å²) in [4.78, 5) is 12.0. The van der Waals surface area contributed by atoms with Crippen LogP contribution in [0, 0.1) is 5.92 Å². The summed E-state index contributed by atoms with van der Waals surface area (Å²) in [6, 6.07) is -0.135. The second-order valence-electron chi connectivity index (χ2n) is 4.73. The van der Waals surface area contributed by atoms with E-state index < -0.39 is 0 Å². The van der Waals surface area contributed by atoms with Crippen LogP contribution in [0.1, 0.15) is 38.1 Å². The number of aromatic nitrogens is 3. The van der Waals surface area contributed by atoms with E-state index in [-0.39, 0.29) is 23.9 Å². The van der Waals surface area contributed by atoms with Gasteiger partial charge in [0.15, 0.2) is 5.82 Å². The van der Waals surface area contributed by atoms with Crippen molar-refractivity contribution in [2.75, 3.05) is 0 Å². The zero-order chi connectivity index (χ0) is 12.4. The molecule has 0 radical (unpaired) electrons. The normalized spacial score (nSPS) is 25.8. The standard InChI is InChI=1S/C11H19N5O/c1-7(10-15-13-6-16(10)2)14-11(17)8-4-3-5-9(8)12/h6-9H,3-5,12H2,1-2H3,(H,14,17). The highest BCUT2D eigenvalue weighted by Gasteiger charge is 2.31. The Balaban J connectivity index is 1.97. The van der Waals surface area contributed by atoms with E-state index in [1.807, 2.05) is 14.0 Å². The molecule has 3 atom stereocenters. The highest BCUT2D eigenvalue weighted by molar-refractivity contribution is 5.80. The van der Waals surface area contributed by atoms with E-state index in [2.05, 4.69) is 15.5 Å². The van der Waals surface area contributed by atoms with Gasteiger partial charge in [-0.15, -0.1) is 10.2 Å². The number of hydrogen-bond donors (Lipinski definition) is 2. The van der Waals surface area contributed by atoms with Crippen molar-refractivity contribution in [1.29, 1.82) is 0 Å². The molecule has 0 aromatic carbocycles. The average Bonchev–Trinajstić information content (AvgIpc) is 2.86. The molecule has 1 aliphatic rings. The van der Waals surface area contributed by atoms with Gasteiger partial charge in [0.1, 0.15) is 6.33 Å². The Kier molecular flexibility index (Phi) is 3.42. The predicted octanol–water partition coefficient (Wildman–Crippen LogP) is 0.120. The third kappa shape index (κ3) is 2.46. The minimum absolute atomic E-state index is 0.00157. The van der Waals surface area contributed by atoms with E-state index in [1.165, 1.54) is 0 Å². The van der Waals surface area contributed by atoms with E-state index >= 15 is 0 Å². The molecule has 1 saturated carbocycles. The number of nitrogens with two attached hydrogens (primary N) is 1. The first-order valence-electron chi connectivity index (χ1n) is 5.99. The van der Waals surface area contributed by atoms with Crippen LogP contribution >= 0.6 is 0 Å². The Morgan fingerprint density at radius 1 is 1.65 bits per heavy atom. The fourth-order valence-corrected chi connectivity index (χ4v) is 2.38. The van der Waals surface area contributed by atoms with Gasteiger partial charge in [-0.2, -0.15) is 0 Å². The summed E-state index contributed by atoms with van der Waals surface area (Å²) in [6.07, 6.45) is 4.49. The summed E-state index contributed by atoms with van der Waals surface area (Å²) in [5, 5.41) is 10.7. The molecule has 1 aromatic heterocycles. The van der Waals surface area contributed by atoms with Crippen molar-refractivity contribution in [3.05, 3.63) is 12.2 Å². The molecule has 1 heterocycles. The van der Waals surface area contributed by atoms with Crippen LogP contribution in [-0.4, -0.2) is 26.7 Å². The largest absolute Gasteiger partial charge is 0.346 e. The number of rotatable bonds is 3. The number of nitrogens with zero attached hydrogens (tertiary/aromatic N) is 3. The molecule has 0 saturated heterocycles. The number of hydrogen-bond acceptors (Lipinski definition) is 4. The van der Waals surface area contributed by atoms with E-state index in [1.54, 1.807) is 10.9 Å². The Bertz CT molecular complexity index is 402. The number of aryl methyl sites for hydroxylation is 1. The molecule has 0 spiro atoms. The fraction of sp³-hybridized carbons (Fsp3) is 0.727. The molecule has 1 amide bonds. The maximum absolute atomic E-state index is 12.0. The maximum atomic E-state index is 12.0. The van der Waals surface area contributed by atoms with Crippen molar-refractivity contribution in [2.45, 2.75) is 38.3 Å². The van der Waals surface area contributed by atoms with Crippen molar-refractivity contribution in [1.82, 2.24) is 20.1 Å². The molecule has 0 aliphatic heterocycles. The third-order valence-corrected chi connectivity index (χ3v) is 3.40. The van der Waals surface area contributed by atoms with Gasteiger partial charge < -0.3 is 15.6 Å². The smallest absolute Gasteiger partial charge is 0.225 e. The molecular weight excluding hydrogens is 218 g/mol. The van der Waals surface area contributed by atoms with Gasteiger partial charge in [-0.1, -0.05) is 6.42 Å². The molecule has 1 aromatic rings. The number of carbonyl (C=O) groups excluding carboxylic acids is 1. The van der Waals surface area contributed by atoms with Crippen LogP contribution in [0.25, 0.3) is 0 Å². The van der Waals surface area contributed by atoms with E-state index in [0.29, 0.717) is 0 Å². The maximum Gasteiger partial charge on any atom is 0.225 e. The fourth-order valence-electron chi connectivity index (χ4n) is 2.38. The van der Waals surface area contributed by atoms with Gasteiger partial charge in [0, 0.05) is 13.1 Å². The molecule has 6 heteroatoms.